The largest absolute Gasteiger partial charge is 0.506 e. The second-order valence-corrected chi connectivity index (χ2v) is 7.45. The minimum absolute atomic E-state index is 0.101. The third-order valence-electron chi connectivity index (χ3n) is 4.47. The molecule has 4 N–H and O–H groups in total. The maximum absolute atomic E-state index is 12.0. The lowest BCUT2D eigenvalue weighted by molar-refractivity contribution is -0.904. The predicted octanol–water partition coefficient (Wildman–Crippen LogP) is 0.0159. The molecule has 0 spiro atoms. The smallest absolute Gasteiger partial charge is 0.343 e. The summed E-state index contributed by atoms with van der Waals surface area (Å²) in [5.41, 5.74) is 0.241. The van der Waals surface area contributed by atoms with E-state index in [2.05, 4.69) is 0 Å². The molecule has 1 aliphatic rings. The zero-order chi connectivity index (χ0) is 20.0. The van der Waals surface area contributed by atoms with Crippen LogP contribution in [0.5, 0.6) is 5.75 Å². The topological polar surface area (TPSA) is 122 Å². The molecule has 0 bridgehead atoms. The highest BCUT2D eigenvalue weighted by atomic mass is 32.1. The number of aryl methyl sites for hydroxylation is 1. The van der Waals surface area contributed by atoms with E-state index in [0.29, 0.717) is 29.4 Å². The molecule has 0 aromatic carbocycles. The van der Waals surface area contributed by atoms with Gasteiger partial charge in [0.15, 0.2) is 0 Å². The van der Waals surface area contributed by atoms with Crippen molar-refractivity contribution in [3.05, 3.63) is 20.9 Å². The number of aliphatic hydroxyl groups is 1. The zero-order valence-corrected chi connectivity index (χ0v) is 16.4. The van der Waals surface area contributed by atoms with Gasteiger partial charge in [0.25, 0.3) is 0 Å². The van der Waals surface area contributed by atoms with Gasteiger partial charge in [0, 0.05) is 4.88 Å². The van der Waals surface area contributed by atoms with Gasteiger partial charge < -0.3 is 24.7 Å². The van der Waals surface area contributed by atoms with Crippen molar-refractivity contribution in [2.45, 2.75) is 13.8 Å². The van der Waals surface area contributed by atoms with Crippen molar-refractivity contribution >= 4 is 29.2 Å². The summed E-state index contributed by atoms with van der Waals surface area (Å²) in [6.45, 7) is 7.24. The van der Waals surface area contributed by atoms with E-state index >= 15 is 0 Å². The van der Waals surface area contributed by atoms with Crippen molar-refractivity contribution in [3.63, 3.8) is 0 Å². The Morgan fingerprint density at radius 1 is 1.48 bits per heavy atom. The number of quaternary nitrogens is 1. The van der Waals surface area contributed by atoms with Gasteiger partial charge in [-0.1, -0.05) is 0 Å². The average molecular weight is 393 g/mol. The van der Waals surface area contributed by atoms with Crippen LogP contribution in [0.4, 0.5) is 0 Å². The van der Waals surface area contributed by atoms with Gasteiger partial charge in [-0.2, -0.15) is 5.26 Å². The molecule has 0 saturated carbocycles. The van der Waals surface area contributed by atoms with Crippen LogP contribution in [-0.4, -0.2) is 72.9 Å². The summed E-state index contributed by atoms with van der Waals surface area (Å²) in [6, 6.07) is 2.02. The lowest BCUT2D eigenvalue weighted by Crippen LogP contribution is -3.15. The van der Waals surface area contributed by atoms with Crippen molar-refractivity contribution < 1.29 is 24.6 Å². The molecule has 2 heterocycles. The molecule has 1 fully saturated rings. The van der Waals surface area contributed by atoms with Crippen LogP contribution >= 0.6 is 11.3 Å². The van der Waals surface area contributed by atoms with Crippen LogP contribution in [0, 0.1) is 23.7 Å². The Bertz CT molecular complexity index is 773. The number of carbonyl (C=O) groups excluding carboxylic acids is 1. The molecule has 0 radical (unpaired) electrons. The van der Waals surface area contributed by atoms with E-state index in [-0.39, 0.29) is 35.9 Å². The summed E-state index contributed by atoms with van der Waals surface area (Å²) in [5, 5.41) is 37.2. The summed E-state index contributed by atoms with van der Waals surface area (Å²) in [7, 11) is 0. The van der Waals surface area contributed by atoms with Gasteiger partial charge in [-0.15, -0.1) is 11.3 Å². The van der Waals surface area contributed by atoms with Gasteiger partial charge in [-0.3, -0.25) is 5.41 Å². The number of amidine groups is 1. The van der Waals surface area contributed by atoms with Crippen molar-refractivity contribution in [2.24, 2.45) is 0 Å². The standard InChI is InChI=1S/C18H24N4O4S/c1-3-26-18(25)15-12(2)27-14(16(15)24)10-13(11-19)17(20)22-6-4-21(5-7-22)8-9-23/h10,20,23-24H,3-9H2,1-2H3/p+1. The number of nitrogens with zero attached hydrogens (tertiary/aromatic N) is 2. The number of rotatable bonds is 6. The normalized spacial score (nSPS) is 15.5. The zero-order valence-electron chi connectivity index (χ0n) is 15.5. The highest BCUT2D eigenvalue weighted by molar-refractivity contribution is 7.13. The van der Waals surface area contributed by atoms with Gasteiger partial charge >= 0.3 is 5.97 Å². The van der Waals surface area contributed by atoms with Gasteiger partial charge in [-0.25, -0.2) is 4.79 Å². The fourth-order valence-corrected chi connectivity index (χ4v) is 3.99. The SMILES string of the molecule is CCOC(=O)c1c(C)sc(C=C(C#N)C(=N)N2CC[NH+](CCO)CC2)c1O. The van der Waals surface area contributed by atoms with Gasteiger partial charge in [-0.05, 0) is 19.9 Å². The molecule has 1 aromatic heterocycles. The Hall–Kier alpha value is -2.41. The maximum Gasteiger partial charge on any atom is 0.343 e. The highest BCUT2D eigenvalue weighted by Crippen LogP contribution is 2.36. The summed E-state index contributed by atoms with van der Waals surface area (Å²) < 4.78 is 4.96. The van der Waals surface area contributed by atoms with Crippen LogP contribution < -0.4 is 4.90 Å². The number of esters is 1. The molecular weight excluding hydrogens is 368 g/mol. The number of carbonyl (C=O) groups is 1. The first-order chi connectivity index (χ1) is 12.9. The van der Waals surface area contributed by atoms with E-state index in [1.165, 1.54) is 22.3 Å². The molecule has 1 aliphatic heterocycles. The van der Waals surface area contributed by atoms with E-state index in [4.69, 9.17) is 15.3 Å². The van der Waals surface area contributed by atoms with E-state index in [1.807, 2.05) is 11.0 Å². The van der Waals surface area contributed by atoms with E-state index < -0.39 is 5.97 Å². The van der Waals surface area contributed by atoms with Crippen LogP contribution in [0.3, 0.4) is 0 Å². The lowest BCUT2D eigenvalue weighted by Gasteiger charge is -2.33. The van der Waals surface area contributed by atoms with Gasteiger partial charge in [0.05, 0.1) is 49.8 Å². The number of nitriles is 1. The fraction of sp³-hybridized carbons (Fsp3) is 0.500. The number of nitrogens with one attached hydrogen (secondary N) is 2. The van der Waals surface area contributed by atoms with E-state index in [0.717, 1.165) is 13.1 Å². The first-order valence-corrected chi connectivity index (χ1v) is 9.64. The molecule has 8 nitrogen and oxygen atoms in total. The summed E-state index contributed by atoms with van der Waals surface area (Å²) in [4.78, 5) is 16.0. The van der Waals surface area contributed by atoms with Crippen LogP contribution in [0.1, 0.15) is 27.0 Å². The molecule has 9 heteroatoms. The quantitative estimate of drug-likeness (QED) is 0.234. The molecule has 0 atom stereocenters. The Kier molecular flexibility index (Phi) is 7.36. The minimum Gasteiger partial charge on any atom is -0.506 e. The first-order valence-electron chi connectivity index (χ1n) is 8.82. The van der Waals surface area contributed by atoms with Crippen molar-refractivity contribution in [2.75, 3.05) is 45.9 Å². The highest BCUT2D eigenvalue weighted by Gasteiger charge is 2.25. The number of aromatic hydroxyl groups is 1. The number of ether oxygens (including phenoxy) is 1. The molecule has 27 heavy (non-hydrogen) atoms. The second kappa shape index (κ2) is 9.50. The van der Waals surface area contributed by atoms with Crippen LogP contribution in [0.25, 0.3) is 6.08 Å². The lowest BCUT2D eigenvalue weighted by atomic mass is 10.1. The van der Waals surface area contributed by atoms with Crippen molar-refractivity contribution in [1.82, 2.24) is 4.90 Å². The number of hydrogen-bond donors (Lipinski definition) is 4. The Balaban J connectivity index is 2.19. The Morgan fingerprint density at radius 2 is 2.15 bits per heavy atom. The average Bonchev–Trinajstić information content (AvgIpc) is 2.93. The van der Waals surface area contributed by atoms with E-state index in [9.17, 15) is 15.2 Å². The predicted molar refractivity (Wildman–Crippen MR) is 102 cm³/mol. The second-order valence-electron chi connectivity index (χ2n) is 6.20. The third-order valence-corrected chi connectivity index (χ3v) is 5.51. The molecule has 2 rings (SSSR count). The molecule has 0 amide bonds. The monoisotopic (exact) mass is 393 g/mol. The number of piperazine rings is 1. The van der Waals surface area contributed by atoms with Gasteiger partial charge in [0.1, 0.15) is 29.8 Å². The van der Waals surface area contributed by atoms with E-state index in [1.54, 1.807) is 13.8 Å². The molecular formula is C18H25N4O4S+. The van der Waals surface area contributed by atoms with Crippen LogP contribution in [0.2, 0.25) is 0 Å². The molecule has 146 valence electrons. The Morgan fingerprint density at radius 3 is 2.70 bits per heavy atom. The summed E-state index contributed by atoms with van der Waals surface area (Å²) >= 11 is 1.18. The van der Waals surface area contributed by atoms with Gasteiger partial charge in [0.2, 0.25) is 0 Å². The first kappa shape index (κ1) is 20.9. The Labute approximate surface area is 162 Å². The number of aliphatic hydroxyl groups excluding tert-OH is 1. The molecule has 1 saturated heterocycles. The number of hydrogen-bond acceptors (Lipinski definition) is 7. The number of thiophene rings is 1. The molecule has 0 aliphatic carbocycles. The molecule has 0 unspecified atom stereocenters. The van der Waals surface area contributed by atoms with Crippen molar-refractivity contribution in [3.8, 4) is 11.8 Å². The van der Waals surface area contributed by atoms with Crippen molar-refractivity contribution in [1.29, 1.82) is 10.7 Å². The fourth-order valence-electron chi connectivity index (χ4n) is 3.01. The third kappa shape index (κ3) is 4.86. The summed E-state index contributed by atoms with van der Waals surface area (Å²) in [5.74, 6) is -0.711. The maximum atomic E-state index is 12.0. The van der Waals surface area contributed by atoms with Crippen LogP contribution in [0.15, 0.2) is 5.57 Å². The summed E-state index contributed by atoms with van der Waals surface area (Å²) in [6.07, 6.45) is 1.45. The molecule has 1 aromatic rings. The minimum atomic E-state index is -0.597. The van der Waals surface area contributed by atoms with Crippen LogP contribution in [-0.2, 0) is 4.74 Å².